The molecule has 0 spiro atoms. The lowest BCUT2D eigenvalue weighted by Gasteiger charge is -2.32. The van der Waals surface area contributed by atoms with Gasteiger partial charge in [0, 0.05) is 6.42 Å². The van der Waals surface area contributed by atoms with Crippen LogP contribution in [0.3, 0.4) is 0 Å². The van der Waals surface area contributed by atoms with Gasteiger partial charge < -0.3 is 10.2 Å². The van der Waals surface area contributed by atoms with E-state index in [9.17, 15) is 32.8 Å². The Morgan fingerprint density at radius 3 is 1.38 bits per heavy atom. The molecule has 0 rings (SSSR count). The van der Waals surface area contributed by atoms with E-state index < -0.39 is 39.1 Å². The number of allylic oxidation sites excluding steroid dienone is 1. The lowest BCUT2D eigenvalue weighted by atomic mass is 9.82. The number of carboxylic acid groups (broad SMARTS) is 2. The highest BCUT2D eigenvalue weighted by Crippen LogP contribution is 2.37. The summed E-state index contributed by atoms with van der Waals surface area (Å²) in [4.78, 5) is 23.7. The fourth-order valence-electron chi connectivity index (χ4n) is 4.63. The Morgan fingerprint density at radius 1 is 0.765 bits per heavy atom. The summed E-state index contributed by atoms with van der Waals surface area (Å²) in [5.74, 6) is -5.15. The first-order valence-corrected chi connectivity index (χ1v) is 14.5. The highest BCUT2D eigenvalue weighted by atomic mass is 32.2. The smallest absolute Gasteiger partial charge is 0.328 e. The van der Waals surface area contributed by atoms with Gasteiger partial charge in [0.15, 0.2) is 0 Å². The Morgan fingerprint density at radius 2 is 1.12 bits per heavy atom. The third-order valence-corrected chi connectivity index (χ3v) is 8.12. The molecule has 2 atom stereocenters. The molecule has 34 heavy (non-hydrogen) atoms. The van der Waals surface area contributed by atoms with Crippen molar-refractivity contribution in [1.29, 1.82) is 0 Å². The summed E-state index contributed by atoms with van der Waals surface area (Å²) in [6, 6.07) is 0. The number of hydrogen-bond donors (Lipinski definition) is 3. The summed E-state index contributed by atoms with van der Waals surface area (Å²) in [5.41, 5.74) is 0.179. The van der Waals surface area contributed by atoms with E-state index >= 15 is 0 Å². The van der Waals surface area contributed by atoms with Gasteiger partial charge in [0.2, 0.25) is 4.75 Å². The van der Waals surface area contributed by atoms with Gasteiger partial charge in [0.25, 0.3) is 10.1 Å². The van der Waals surface area contributed by atoms with E-state index in [0.29, 0.717) is 12.8 Å². The van der Waals surface area contributed by atoms with Crippen molar-refractivity contribution < 1.29 is 32.8 Å². The highest BCUT2D eigenvalue weighted by molar-refractivity contribution is 7.88. The second kappa shape index (κ2) is 17.9. The third kappa shape index (κ3) is 12.3. The van der Waals surface area contributed by atoms with Crippen molar-refractivity contribution in [3.05, 3.63) is 12.2 Å². The Balaban J connectivity index is 4.24. The second-order valence-corrected chi connectivity index (χ2v) is 11.5. The van der Waals surface area contributed by atoms with Crippen LogP contribution in [0.4, 0.5) is 0 Å². The molecule has 3 N–H and O–H groups in total. The Bertz CT molecular complexity index is 702. The number of hydrogen-bond acceptors (Lipinski definition) is 4. The van der Waals surface area contributed by atoms with Crippen LogP contribution in [-0.2, 0) is 19.7 Å². The standard InChI is InChI=1S/C26H48O7S/c1-4-5-6-7-8-9-10-11-12-13-14-15-16-17-18-19-20-23(24(27)28)26(25(29)30,21-22(2)3)34(31,32)33/h23H,2,4-21H2,1,3H3,(H,27,28)(H,29,30)(H,31,32,33). The summed E-state index contributed by atoms with van der Waals surface area (Å²) < 4.78 is 30.9. The minimum Gasteiger partial charge on any atom is -0.481 e. The first-order valence-electron chi connectivity index (χ1n) is 13.1. The van der Waals surface area contributed by atoms with Crippen LogP contribution in [0.25, 0.3) is 0 Å². The Hall–Kier alpha value is -1.41. The lowest BCUT2D eigenvalue weighted by Crippen LogP contribution is -2.55. The van der Waals surface area contributed by atoms with Crippen molar-refractivity contribution >= 4 is 22.1 Å². The van der Waals surface area contributed by atoms with E-state index in [1.807, 2.05) is 0 Å². The molecular weight excluding hydrogens is 456 g/mol. The molecule has 0 radical (unpaired) electrons. The Kier molecular flexibility index (Phi) is 17.2. The predicted molar refractivity (Wildman–Crippen MR) is 137 cm³/mol. The molecule has 2 unspecified atom stereocenters. The SMILES string of the molecule is C=C(C)CC(C(=O)O)(C(CCCCCCCCCCCCCCCCCC)C(=O)O)S(=O)(=O)O. The molecular formula is C26H48O7S. The average molecular weight is 505 g/mol. The molecule has 7 nitrogen and oxygen atoms in total. The van der Waals surface area contributed by atoms with Crippen LogP contribution in [0.2, 0.25) is 0 Å². The second-order valence-electron chi connectivity index (χ2n) is 9.79. The van der Waals surface area contributed by atoms with Crippen LogP contribution in [0, 0.1) is 5.92 Å². The maximum Gasteiger partial charge on any atom is 0.328 e. The van der Waals surface area contributed by atoms with Crippen LogP contribution in [0.15, 0.2) is 12.2 Å². The third-order valence-electron chi connectivity index (χ3n) is 6.59. The summed E-state index contributed by atoms with van der Waals surface area (Å²) in [5, 5.41) is 19.2. The minimum atomic E-state index is -5.18. The van der Waals surface area contributed by atoms with Crippen LogP contribution in [-0.4, -0.2) is 39.9 Å². The van der Waals surface area contributed by atoms with Gasteiger partial charge in [-0.3, -0.25) is 14.1 Å². The van der Waals surface area contributed by atoms with Gasteiger partial charge in [0.1, 0.15) is 0 Å². The fraction of sp³-hybridized carbons (Fsp3) is 0.846. The molecule has 0 heterocycles. The van der Waals surface area contributed by atoms with Crippen LogP contribution in [0.5, 0.6) is 0 Å². The van der Waals surface area contributed by atoms with E-state index in [-0.39, 0.29) is 12.0 Å². The number of rotatable bonds is 23. The van der Waals surface area contributed by atoms with Gasteiger partial charge in [-0.15, -0.1) is 6.58 Å². The number of aliphatic carboxylic acids is 2. The molecule has 0 saturated heterocycles. The van der Waals surface area contributed by atoms with E-state index in [1.165, 1.54) is 77.6 Å². The molecule has 0 bridgehead atoms. The van der Waals surface area contributed by atoms with Crippen molar-refractivity contribution in [2.75, 3.05) is 0 Å². The normalized spacial score (nSPS) is 14.4. The summed E-state index contributed by atoms with van der Waals surface area (Å²) in [7, 11) is -5.18. The summed E-state index contributed by atoms with van der Waals surface area (Å²) in [6.45, 7) is 7.17. The van der Waals surface area contributed by atoms with E-state index in [0.717, 1.165) is 19.3 Å². The zero-order valence-corrected chi connectivity index (χ0v) is 22.2. The molecule has 0 aliphatic heterocycles. The molecule has 200 valence electrons. The van der Waals surface area contributed by atoms with Crippen molar-refractivity contribution in [3.8, 4) is 0 Å². The first-order chi connectivity index (χ1) is 16.0. The topological polar surface area (TPSA) is 129 Å². The quantitative estimate of drug-likeness (QED) is 0.0774. The molecule has 0 aliphatic carbocycles. The zero-order chi connectivity index (χ0) is 26.0. The minimum absolute atomic E-state index is 0.132. The predicted octanol–water partition coefficient (Wildman–Crippen LogP) is 7.02. The summed E-state index contributed by atoms with van der Waals surface area (Å²) in [6.07, 6.45) is 17.7. The Labute approximate surface area is 207 Å². The molecule has 0 aromatic carbocycles. The largest absolute Gasteiger partial charge is 0.481 e. The molecule has 0 saturated carbocycles. The molecule has 0 aromatic heterocycles. The van der Waals surface area contributed by atoms with Crippen molar-refractivity contribution in [2.24, 2.45) is 5.92 Å². The van der Waals surface area contributed by atoms with Crippen LogP contribution in [0.1, 0.15) is 129 Å². The number of carbonyl (C=O) groups is 2. The molecule has 0 fully saturated rings. The van der Waals surface area contributed by atoms with Crippen molar-refractivity contribution in [1.82, 2.24) is 0 Å². The zero-order valence-electron chi connectivity index (χ0n) is 21.4. The van der Waals surface area contributed by atoms with E-state index in [1.54, 1.807) is 0 Å². The monoisotopic (exact) mass is 504 g/mol. The van der Waals surface area contributed by atoms with Gasteiger partial charge in [-0.25, -0.2) is 0 Å². The van der Waals surface area contributed by atoms with Crippen LogP contribution < -0.4 is 0 Å². The maximum atomic E-state index is 12.0. The molecule has 0 amide bonds. The molecule has 8 heteroatoms. The highest BCUT2D eigenvalue weighted by Gasteiger charge is 2.59. The number of carboxylic acids is 2. The van der Waals surface area contributed by atoms with Crippen LogP contribution >= 0.6 is 0 Å². The van der Waals surface area contributed by atoms with Crippen molar-refractivity contribution in [3.63, 3.8) is 0 Å². The molecule has 0 aromatic rings. The first kappa shape index (κ1) is 32.6. The number of unbranched alkanes of at least 4 members (excludes halogenated alkanes) is 15. The van der Waals surface area contributed by atoms with E-state index in [4.69, 9.17) is 0 Å². The van der Waals surface area contributed by atoms with Gasteiger partial charge >= 0.3 is 11.9 Å². The summed E-state index contributed by atoms with van der Waals surface area (Å²) >= 11 is 0. The van der Waals surface area contributed by atoms with Gasteiger partial charge in [0.05, 0.1) is 5.92 Å². The van der Waals surface area contributed by atoms with Gasteiger partial charge in [-0.2, -0.15) is 8.42 Å². The maximum absolute atomic E-state index is 12.0. The van der Waals surface area contributed by atoms with Crippen molar-refractivity contribution in [2.45, 2.75) is 134 Å². The average Bonchev–Trinajstić information content (AvgIpc) is 2.73. The van der Waals surface area contributed by atoms with Gasteiger partial charge in [-0.05, 0) is 13.3 Å². The van der Waals surface area contributed by atoms with Gasteiger partial charge in [-0.1, -0.05) is 115 Å². The fourth-order valence-corrected chi connectivity index (χ4v) is 5.86. The van der Waals surface area contributed by atoms with E-state index in [2.05, 4.69) is 13.5 Å². The lowest BCUT2D eigenvalue weighted by molar-refractivity contribution is -0.152. The molecule has 0 aliphatic rings.